The number of nitrogens with two attached hydrogens (primary N) is 1. The third-order valence-electron chi connectivity index (χ3n) is 3.54. The summed E-state index contributed by atoms with van der Waals surface area (Å²) < 4.78 is 0. The highest BCUT2D eigenvalue weighted by Gasteiger charge is 2.42. The zero-order chi connectivity index (χ0) is 11.6. The maximum Gasteiger partial charge on any atom is 0.227 e. The fraction of sp³-hybridized carbons (Fsp3) is 0.636. The molecule has 1 aliphatic rings. The number of amides is 1. The number of nitrogens with zero attached hydrogens (tertiary/aromatic N) is 1. The number of H-pyrrole nitrogens is 1. The molecule has 1 aromatic heterocycles. The molecule has 2 atom stereocenters. The van der Waals surface area contributed by atoms with Crippen molar-refractivity contribution in [3.8, 4) is 0 Å². The van der Waals surface area contributed by atoms with Gasteiger partial charge in [-0.2, -0.15) is 0 Å². The van der Waals surface area contributed by atoms with Crippen molar-refractivity contribution in [1.82, 2.24) is 15.3 Å². The lowest BCUT2D eigenvalue weighted by Crippen LogP contribution is -2.47. The normalized spacial score (nSPS) is 29.2. The highest BCUT2D eigenvalue weighted by molar-refractivity contribution is 5.83. The number of rotatable bonds is 3. The molecule has 5 nitrogen and oxygen atoms in total. The average molecular weight is 222 g/mol. The summed E-state index contributed by atoms with van der Waals surface area (Å²) in [7, 11) is 0. The second-order valence-electron chi connectivity index (χ2n) is 4.68. The number of carbonyl (C=O) groups is 1. The van der Waals surface area contributed by atoms with E-state index < -0.39 is 5.41 Å². The van der Waals surface area contributed by atoms with Gasteiger partial charge in [-0.05, 0) is 19.8 Å². The second-order valence-corrected chi connectivity index (χ2v) is 4.68. The first-order valence-corrected chi connectivity index (χ1v) is 5.64. The van der Waals surface area contributed by atoms with E-state index in [-0.39, 0.29) is 11.9 Å². The molecule has 16 heavy (non-hydrogen) atoms. The number of nitrogens with one attached hydrogen (secondary N) is 2. The van der Waals surface area contributed by atoms with Gasteiger partial charge in [0, 0.05) is 12.2 Å². The molecule has 0 aromatic carbocycles. The summed E-state index contributed by atoms with van der Waals surface area (Å²) in [6.45, 7) is 2.44. The Hall–Kier alpha value is -1.36. The highest BCUT2D eigenvalue weighted by Crippen LogP contribution is 2.36. The zero-order valence-corrected chi connectivity index (χ0v) is 9.49. The first-order valence-electron chi connectivity index (χ1n) is 5.64. The average Bonchev–Trinajstić information content (AvgIpc) is 2.87. The van der Waals surface area contributed by atoms with E-state index in [0.29, 0.717) is 6.54 Å². The van der Waals surface area contributed by atoms with Crippen LogP contribution in [0.2, 0.25) is 0 Å². The predicted molar refractivity (Wildman–Crippen MR) is 60.4 cm³/mol. The van der Waals surface area contributed by atoms with Crippen molar-refractivity contribution in [2.24, 2.45) is 11.1 Å². The molecule has 1 fully saturated rings. The minimum Gasteiger partial charge on any atom is -0.350 e. The number of hydrogen-bond donors (Lipinski definition) is 3. The fourth-order valence-electron chi connectivity index (χ4n) is 2.23. The molecule has 1 aliphatic carbocycles. The molecule has 0 bridgehead atoms. The van der Waals surface area contributed by atoms with Crippen LogP contribution in [-0.2, 0) is 11.3 Å². The molecule has 5 heteroatoms. The SMILES string of the molecule is CC1(C(=O)NCc2cnc[nH]2)CCCC1N. The summed E-state index contributed by atoms with van der Waals surface area (Å²) in [4.78, 5) is 18.9. The fourth-order valence-corrected chi connectivity index (χ4v) is 2.23. The number of imidazole rings is 1. The monoisotopic (exact) mass is 222 g/mol. The van der Waals surface area contributed by atoms with Crippen LogP contribution < -0.4 is 11.1 Å². The summed E-state index contributed by atoms with van der Waals surface area (Å²) in [6.07, 6.45) is 6.16. The second kappa shape index (κ2) is 4.25. The third kappa shape index (κ3) is 1.95. The molecular formula is C11H18N4O. The molecule has 4 N–H and O–H groups in total. The Balaban J connectivity index is 1.93. The minimum atomic E-state index is -0.403. The molecule has 0 aliphatic heterocycles. The molecule has 0 saturated heterocycles. The van der Waals surface area contributed by atoms with E-state index in [2.05, 4.69) is 15.3 Å². The first kappa shape index (κ1) is 11.1. The van der Waals surface area contributed by atoms with Crippen LogP contribution in [0.25, 0.3) is 0 Å². The van der Waals surface area contributed by atoms with Gasteiger partial charge in [-0.15, -0.1) is 0 Å². The zero-order valence-electron chi connectivity index (χ0n) is 9.49. The molecule has 1 saturated carbocycles. The standard InChI is InChI=1S/C11H18N4O/c1-11(4-2-3-9(11)12)10(16)14-6-8-5-13-7-15-8/h5,7,9H,2-4,6,12H2,1H3,(H,13,15)(H,14,16). The van der Waals surface area contributed by atoms with E-state index in [1.807, 2.05) is 6.92 Å². The van der Waals surface area contributed by atoms with Gasteiger partial charge < -0.3 is 16.0 Å². The van der Waals surface area contributed by atoms with E-state index in [9.17, 15) is 4.79 Å². The Bertz CT molecular complexity index is 362. The van der Waals surface area contributed by atoms with E-state index in [1.165, 1.54) is 0 Å². The van der Waals surface area contributed by atoms with Gasteiger partial charge in [-0.25, -0.2) is 4.98 Å². The lowest BCUT2D eigenvalue weighted by atomic mass is 9.84. The molecule has 2 rings (SSSR count). The molecule has 2 unspecified atom stereocenters. The van der Waals surface area contributed by atoms with Crippen LogP contribution in [0.15, 0.2) is 12.5 Å². The summed E-state index contributed by atoms with van der Waals surface area (Å²) in [5.74, 6) is 0.0482. The maximum absolute atomic E-state index is 12.0. The number of carbonyl (C=O) groups excluding carboxylic acids is 1. The Kier molecular flexibility index (Phi) is 2.96. The van der Waals surface area contributed by atoms with Gasteiger partial charge in [0.25, 0.3) is 0 Å². The Labute approximate surface area is 94.8 Å². The van der Waals surface area contributed by atoms with Gasteiger partial charge >= 0.3 is 0 Å². The van der Waals surface area contributed by atoms with Gasteiger partial charge in [0.15, 0.2) is 0 Å². The largest absolute Gasteiger partial charge is 0.350 e. The summed E-state index contributed by atoms with van der Waals surface area (Å²) in [5, 5.41) is 2.91. The quantitative estimate of drug-likeness (QED) is 0.698. The van der Waals surface area contributed by atoms with E-state index in [1.54, 1.807) is 12.5 Å². The summed E-state index contributed by atoms with van der Waals surface area (Å²) in [6, 6.07) is -0.0192. The van der Waals surface area contributed by atoms with Crippen LogP contribution in [-0.4, -0.2) is 21.9 Å². The van der Waals surface area contributed by atoms with Crippen molar-refractivity contribution in [1.29, 1.82) is 0 Å². The lowest BCUT2D eigenvalue weighted by Gasteiger charge is -2.27. The third-order valence-corrected chi connectivity index (χ3v) is 3.54. The summed E-state index contributed by atoms with van der Waals surface area (Å²) in [5.41, 5.74) is 6.49. The molecule has 0 spiro atoms. The Morgan fingerprint density at radius 2 is 2.62 bits per heavy atom. The van der Waals surface area contributed by atoms with Crippen molar-refractivity contribution in [2.45, 2.75) is 38.8 Å². The van der Waals surface area contributed by atoms with E-state index in [0.717, 1.165) is 25.0 Å². The molecule has 0 radical (unpaired) electrons. The summed E-state index contributed by atoms with van der Waals surface area (Å²) >= 11 is 0. The molecule has 1 aromatic rings. The van der Waals surface area contributed by atoms with Crippen molar-refractivity contribution < 1.29 is 4.79 Å². The van der Waals surface area contributed by atoms with Gasteiger partial charge in [-0.1, -0.05) is 6.42 Å². The minimum absolute atomic E-state index is 0.0192. The molecular weight excluding hydrogens is 204 g/mol. The van der Waals surface area contributed by atoms with Crippen LogP contribution in [0, 0.1) is 5.41 Å². The van der Waals surface area contributed by atoms with Crippen LogP contribution >= 0.6 is 0 Å². The maximum atomic E-state index is 12.0. The number of aromatic nitrogens is 2. The van der Waals surface area contributed by atoms with Gasteiger partial charge in [-0.3, -0.25) is 4.79 Å². The van der Waals surface area contributed by atoms with Crippen molar-refractivity contribution in [2.75, 3.05) is 0 Å². The highest BCUT2D eigenvalue weighted by atomic mass is 16.2. The lowest BCUT2D eigenvalue weighted by molar-refractivity contribution is -0.130. The van der Waals surface area contributed by atoms with Gasteiger partial charge in [0.05, 0.1) is 24.0 Å². The van der Waals surface area contributed by atoms with E-state index in [4.69, 9.17) is 5.73 Å². The molecule has 88 valence electrons. The first-order chi connectivity index (χ1) is 7.63. The number of aromatic amines is 1. The Morgan fingerprint density at radius 1 is 1.81 bits per heavy atom. The predicted octanol–water partition coefficient (Wildman–Crippen LogP) is 0.543. The van der Waals surface area contributed by atoms with Gasteiger partial charge in [0.2, 0.25) is 5.91 Å². The molecule has 1 amide bonds. The van der Waals surface area contributed by atoms with Crippen LogP contribution in [0.3, 0.4) is 0 Å². The molecule has 1 heterocycles. The van der Waals surface area contributed by atoms with Crippen LogP contribution in [0.4, 0.5) is 0 Å². The van der Waals surface area contributed by atoms with Crippen LogP contribution in [0.1, 0.15) is 31.9 Å². The van der Waals surface area contributed by atoms with Gasteiger partial charge in [0.1, 0.15) is 0 Å². The smallest absolute Gasteiger partial charge is 0.227 e. The van der Waals surface area contributed by atoms with Crippen molar-refractivity contribution in [3.63, 3.8) is 0 Å². The van der Waals surface area contributed by atoms with E-state index >= 15 is 0 Å². The topological polar surface area (TPSA) is 83.8 Å². The van der Waals surface area contributed by atoms with Crippen molar-refractivity contribution >= 4 is 5.91 Å². The number of hydrogen-bond acceptors (Lipinski definition) is 3. The van der Waals surface area contributed by atoms with Crippen LogP contribution in [0.5, 0.6) is 0 Å². The Morgan fingerprint density at radius 3 is 3.19 bits per heavy atom. The van der Waals surface area contributed by atoms with Crippen molar-refractivity contribution in [3.05, 3.63) is 18.2 Å².